The fraction of sp³-hybridized carbons (Fsp3) is 0.800. The molecular formula is C20H35N5S. The molecule has 2 N–H and O–H groups in total. The third-order valence-electron chi connectivity index (χ3n) is 5.69. The first-order valence-electron chi connectivity index (χ1n) is 10.4. The molecule has 1 aromatic heterocycles. The molecule has 1 aromatic rings. The number of hydrogen-bond acceptors (Lipinski definition) is 4. The molecule has 2 heterocycles. The van der Waals surface area contributed by atoms with Crippen molar-refractivity contribution in [2.75, 3.05) is 26.7 Å². The van der Waals surface area contributed by atoms with Crippen LogP contribution in [0.5, 0.6) is 0 Å². The van der Waals surface area contributed by atoms with E-state index in [2.05, 4.69) is 32.4 Å². The van der Waals surface area contributed by atoms with Gasteiger partial charge in [-0.2, -0.15) is 0 Å². The topological polar surface area (TPSA) is 52.6 Å². The van der Waals surface area contributed by atoms with Crippen LogP contribution >= 0.6 is 11.3 Å². The standard InChI is InChI=1S/C20H35N5S/c1-3-18-14-23-19(26-18)11-12-22-20(21-2)24-16-8-7-13-25(15-16)17-9-5-4-6-10-17/h14,16-17H,3-13,15H2,1-2H3,(H2,21,22,24). The first-order valence-corrected chi connectivity index (χ1v) is 11.2. The maximum atomic E-state index is 4.50. The lowest BCUT2D eigenvalue weighted by Crippen LogP contribution is -2.53. The predicted octanol–water partition coefficient (Wildman–Crippen LogP) is 3.21. The third-order valence-corrected chi connectivity index (χ3v) is 6.89. The van der Waals surface area contributed by atoms with Crippen LogP contribution in [0.1, 0.15) is 61.8 Å². The second kappa shape index (κ2) is 10.3. The largest absolute Gasteiger partial charge is 0.356 e. The van der Waals surface area contributed by atoms with Crippen molar-refractivity contribution < 1.29 is 0 Å². The first kappa shape index (κ1) is 19.6. The molecule has 0 aromatic carbocycles. The summed E-state index contributed by atoms with van der Waals surface area (Å²) < 4.78 is 0. The Morgan fingerprint density at radius 2 is 2.12 bits per heavy atom. The summed E-state index contributed by atoms with van der Waals surface area (Å²) in [6.45, 7) is 5.51. The van der Waals surface area contributed by atoms with Gasteiger partial charge in [0.15, 0.2) is 5.96 Å². The molecule has 26 heavy (non-hydrogen) atoms. The first-order chi connectivity index (χ1) is 12.8. The molecule has 1 aliphatic heterocycles. The van der Waals surface area contributed by atoms with Crippen LogP contribution < -0.4 is 10.6 Å². The van der Waals surface area contributed by atoms with Crippen molar-refractivity contribution >= 4 is 17.3 Å². The SMILES string of the molecule is CCc1cnc(CCNC(=NC)NC2CCCN(C3CCCCC3)C2)s1. The van der Waals surface area contributed by atoms with Gasteiger partial charge in [-0.1, -0.05) is 26.2 Å². The maximum absolute atomic E-state index is 4.50. The minimum absolute atomic E-state index is 0.517. The monoisotopic (exact) mass is 377 g/mol. The highest BCUT2D eigenvalue weighted by atomic mass is 32.1. The lowest BCUT2D eigenvalue weighted by Gasteiger charge is -2.40. The molecule has 0 spiro atoms. The molecule has 3 rings (SSSR count). The van der Waals surface area contributed by atoms with Gasteiger partial charge in [0, 0.05) is 49.7 Å². The van der Waals surface area contributed by atoms with Gasteiger partial charge in [-0.3, -0.25) is 9.89 Å². The van der Waals surface area contributed by atoms with Crippen LogP contribution in [-0.4, -0.2) is 54.6 Å². The molecule has 6 heteroatoms. The predicted molar refractivity (Wildman–Crippen MR) is 111 cm³/mol. The number of rotatable bonds is 6. The van der Waals surface area contributed by atoms with E-state index in [0.29, 0.717) is 6.04 Å². The van der Waals surface area contributed by atoms with Crippen LogP contribution in [0.25, 0.3) is 0 Å². The lowest BCUT2D eigenvalue weighted by molar-refractivity contribution is 0.115. The molecule has 1 aliphatic carbocycles. The van der Waals surface area contributed by atoms with Gasteiger partial charge in [-0.25, -0.2) is 4.98 Å². The number of hydrogen-bond donors (Lipinski definition) is 2. The fourth-order valence-electron chi connectivity index (χ4n) is 4.20. The number of piperidine rings is 1. The molecule has 146 valence electrons. The smallest absolute Gasteiger partial charge is 0.191 e. The van der Waals surface area contributed by atoms with E-state index in [1.54, 1.807) is 0 Å². The average Bonchev–Trinajstić information content (AvgIpc) is 3.16. The quantitative estimate of drug-likeness (QED) is 0.590. The van der Waals surface area contributed by atoms with E-state index in [0.717, 1.165) is 37.9 Å². The Bertz CT molecular complexity index is 564. The summed E-state index contributed by atoms with van der Waals surface area (Å²) in [5.74, 6) is 0.938. The van der Waals surface area contributed by atoms with Crippen LogP contribution in [0.4, 0.5) is 0 Å². The average molecular weight is 378 g/mol. The third kappa shape index (κ3) is 5.68. The number of guanidine groups is 1. The van der Waals surface area contributed by atoms with Crippen LogP contribution in [0, 0.1) is 0 Å². The van der Waals surface area contributed by atoms with Crippen molar-refractivity contribution in [3.05, 3.63) is 16.1 Å². The molecule has 2 fully saturated rings. The van der Waals surface area contributed by atoms with Crippen LogP contribution in [-0.2, 0) is 12.8 Å². The summed E-state index contributed by atoms with van der Waals surface area (Å²) in [4.78, 5) is 13.0. The summed E-state index contributed by atoms with van der Waals surface area (Å²) in [7, 11) is 1.87. The van der Waals surface area contributed by atoms with Gasteiger partial charge in [0.05, 0.1) is 5.01 Å². The van der Waals surface area contributed by atoms with Gasteiger partial charge in [-0.05, 0) is 38.6 Å². The Morgan fingerprint density at radius 3 is 2.85 bits per heavy atom. The van der Waals surface area contributed by atoms with Crippen molar-refractivity contribution in [3.63, 3.8) is 0 Å². The van der Waals surface area contributed by atoms with Gasteiger partial charge in [-0.15, -0.1) is 11.3 Å². The summed E-state index contributed by atoms with van der Waals surface area (Å²) in [6.07, 6.45) is 13.6. The van der Waals surface area contributed by atoms with Gasteiger partial charge in [0.1, 0.15) is 0 Å². The second-order valence-corrected chi connectivity index (χ2v) is 8.79. The van der Waals surface area contributed by atoms with Crippen molar-refractivity contribution in [3.8, 4) is 0 Å². The number of likely N-dealkylation sites (tertiary alicyclic amines) is 1. The Hall–Kier alpha value is -1.14. The van der Waals surface area contributed by atoms with E-state index >= 15 is 0 Å². The molecule has 1 saturated carbocycles. The van der Waals surface area contributed by atoms with Crippen LogP contribution in [0.3, 0.4) is 0 Å². The number of aliphatic imine (C=N–C) groups is 1. The van der Waals surface area contributed by atoms with Crippen LogP contribution in [0.2, 0.25) is 0 Å². The van der Waals surface area contributed by atoms with Gasteiger partial charge in [0.2, 0.25) is 0 Å². The zero-order chi connectivity index (χ0) is 18.2. The normalized spacial score (nSPS) is 23.2. The van der Waals surface area contributed by atoms with E-state index in [-0.39, 0.29) is 0 Å². The summed E-state index contributed by atoms with van der Waals surface area (Å²) >= 11 is 1.83. The fourth-order valence-corrected chi connectivity index (χ4v) is 5.07. The summed E-state index contributed by atoms with van der Waals surface area (Å²) in [6, 6.07) is 1.34. The summed E-state index contributed by atoms with van der Waals surface area (Å²) in [5, 5.41) is 8.35. The minimum Gasteiger partial charge on any atom is -0.356 e. The van der Waals surface area contributed by atoms with E-state index < -0.39 is 0 Å². The summed E-state index contributed by atoms with van der Waals surface area (Å²) in [5.41, 5.74) is 0. The number of nitrogens with one attached hydrogen (secondary N) is 2. The minimum atomic E-state index is 0.517. The molecule has 1 unspecified atom stereocenters. The van der Waals surface area contributed by atoms with Gasteiger partial charge < -0.3 is 10.6 Å². The number of thiazole rings is 1. The highest BCUT2D eigenvalue weighted by Gasteiger charge is 2.27. The number of aryl methyl sites for hydroxylation is 1. The zero-order valence-corrected chi connectivity index (χ0v) is 17.3. The van der Waals surface area contributed by atoms with E-state index in [1.165, 1.54) is 61.4 Å². The van der Waals surface area contributed by atoms with E-state index in [1.807, 2.05) is 24.6 Å². The highest BCUT2D eigenvalue weighted by Crippen LogP contribution is 2.25. The number of aromatic nitrogens is 1. The van der Waals surface area contributed by atoms with Gasteiger partial charge in [0.25, 0.3) is 0 Å². The van der Waals surface area contributed by atoms with E-state index in [4.69, 9.17) is 0 Å². The van der Waals surface area contributed by atoms with Gasteiger partial charge >= 0.3 is 0 Å². The Morgan fingerprint density at radius 1 is 1.27 bits per heavy atom. The lowest BCUT2D eigenvalue weighted by atomic mass is 9.92. The maximum Gasteiger partial charge on any atom is 0.191 e. The molecule has 0 bridgehead atoms. The van der Waals surface area contributed by atoms with Crippen molar-refractivity contribution in [2.24, 2.45) is 4.99 Å². The Labute approximate surface area is 162 Å². The van der Waals surface area contributed by atoms with Crippen molar-refractivity contribution in [1.82, 2.24) is 20.5 Å². The molecule has 1 saturated heterocycles. The van der Waals surface area contributed by atoms with Crippen molar-refractivity contribution in [1.29, 1.82) is 0 Å². The molecule has 0 amide bonds. The van der Waals surface area contributed by atoms with E-state index in [9.17, 15) is 0 Å². The Balaban J connectivity index is 1.42. The molecule has 2 aliphatic rings. The molecular weight excluding hydrogens is 342 g/mol. The highest BCUT2D eigenvalue weighted by molar-refractivity contribution is 7.11. The second-order valence-electron chi connectivity index (χ2n) is 7.59. The van der Waals surface area contributed by atoms with Crippen LogP contribution in [0.15, 0.2) is 11.2 Å². The molecule has 0 radical (unpaired) electrons. The number of nitrogens with zero attached hydrogens (tertiary/aromatic N) is 3. The molecule has 1 atom stereocenters. The Kier molecular flexibility index (Phi) is 7.74. The molecule has 5 nitrogen and oxygen atoms in total. The van der Waals surface area contributed by atoms with Crippen molar-refractivity contribution in [2.45, 2.75) is 76.8 Å². The zero-order valence-electron chi connectivity index (χ0n) is 16.5.